The number of rotatable bonds is 8. The molecule has 0 unspecified atom stereocenters. The molecule has 0 aliphatic heterocycles. The van der Waals surface area contributed by atoms with Crippen LogP contribution in [0, 0.1) is 6.92 Å². The number of nitrogens with zero attached hydrogens (tertiary/aromatic N) is 2. The molecule has 0 aliphatic rings. The monoisotopic (exact) mass is 639 g/mol. The molecule has 1 amide bonds. The number of alkyl halides is 3. The van der Waals surface area contributed by atoms with Crippen LogP contribution in [0.15, 0.2) is 101 Å². The first-order valence-electron chi connectivity index (χ1n) is 13.5. The Hall–Kier alpha value is -4.85. The molecule has 0 spiro atoms. The Morgan fingerprint density at radius 3 is 2.18 bits per heavy atom. The average Bonchev–Trinajstić information content (AvgIpc) is 3.41. The highest BCUT2D eigenvalue weighted by atomic mass is 32.3. The maximum atomic E-state index is 13.8. The standard InChI is InChI=1S/C32H28F3N3O6S/c1-19-16-24(32(33,34)35)28(30(40)37(19)2)21-14-12-20(13-15-21)17-25(31(41)42)36-29(39)27-18-22-8-6-7-11-26(22)38(27)45(43,44)23-9-4-3-5-10-23/h3-16,18,25,43-44H,17H2,1-2H3,(H,36,39)(H,41,42)/t25-/m0/s1. The van der Waals surface area contributed by atoms with Crippen molar-refractivity contribution in [2.75, 3.05) is 0 Å². The Kier molecular flexibility index (Phi) is 8.36. The Labute approximate surface area is 256 Å². The fourth-order valence-corrected chi connectivity index (χ4v) is 6.65. The summed E-state index contributed by atoms with van der Waals surface area (Å²) in [6, 6.07) is 20.8. The largest absolute Gasteiger partial charge is 0.480 e. The van der Waals surface area contributed by atoms with Gasteiger partial charge in [0, 0.05) is 24.5 Å². The van der Waals surface area contributed by atoms with E-state index in [1.165, 1.54) is 56.4 Å². The van der Waals surface area contributed by atoms with Crippen LogP contribution in [0.2, 0.25) is 0 Å². The minimum atomic E-state index is -4.78. The first-order chi connectivity index (χ1) is 21.2. The summed E-state index contributed by atoms with van der Waals surface area (Å²) in [4.78, 5) is 38.7. The van der Waals surface area contributed by atoms with Crippen LogP contribution in [-0.2, 0) is 24.4 Å². The molecule has 3 aromatic carbocycles. The normalized spacial score (nSPS) is 13.0. The molecule has 2 aromatic heterocycles. The van der Waals surface area contributed by atoms with E-state index in [0.717, 1.165) is 14.6 Å². The van der Waals surface area contributed by atoms with Gasteiger partial charge in [0.1, 0.15) is 11.7 Å². The van der Waals surface area contributed by atoms with E-state index in [2.05, 4.69) is 5.32 Å². The molecule has 0 bridgehead atoms. The third-order valence-electron chi connectivity index (χ3n) is 7.47. The Morgan fingerprint density at radius 2 is 1.56 bits per heavy atom. The number of aromatic nitrogens is 2. The minimum absolute atomic E-state index is 0.00165. The summed E-state index contributed by atoms with van der Waals surface area (Å²) in [6.07, 6.45) is -5.04. The number of hydrogen-bond donors (Lipinski definition) is 4. The van der Waals surface area contributed by atoms with Gasteiger partial charge in [-0.15, -0.1) is 0 Å². The number of pyridine rings is 1. The number of hydrogen-bond acceptors (Lipinski definition) is 5. The first kappa shape index (κ1) is 31.6. The summed E-state index contributed by atoms with van der Waals surface area (Å²) < 4.78 is 66.2. The maximum Gasteiger partial charge on any atom is 0.417 e. The number of fused-ring (bicyclic) bond motifs is 1. The molecular formula is C32H28F3N3O6S. The van der Waals surface area contributed by atoms with Crippen molar-refractivity contribution < 1.29 is 37.0 Å². The lowest BCUT2D eigenvalue weighted by molar-refractivity contribution is -0.139. The zero-order valence-corrected chi connectivity index (χ0v) is 24.8. The molecule has 0 saturated heterocycles. The smallest absolute Gasteiger partial charge is 0.417 e. The van der Waals surface area contributed by atoms with E-state index in [4.69, 9.17) is 0 Å². The highest BCUT2D eigenvalue weighted by Crippen LogP contribution is 2.52. The van der Waals surface area contributed by atoms with E-state index in [9.17, 15) is 41.8 Å². The highest BCUT2D eigenvalue weighted by Gasteiger charge is 2.36. The molecule has 5 rings (SSSR count). The molecule has 1 atom stereocenters. The van der Waals surface area contributed by atoms with Gasteiger partial charge in [0.05, 0.1) is 21.5 Å². The topological polar surface area (TPSA) is 134 Å². The van der Waals surface area contributed by atoms with Crippen LogP contribution in [-0.4, -0.2) is 40.7 Å². The summed E-state index contributed by atoms with van der Waals surface area (Å²) in [7, 11) is -2.40. The second-order valence-corrected chi connectivity index (χ2v) is 12.3. The zero-order valence-electron chi connectivity index (χ0n) is 23.9. The van der Waals surface area contributed by atoms with Crippen LogP contribution in [0.25, 0.3) is 22.0 Å². The summed E-state index contributed by atoms with van der Waals surface area (Å²) >= 11 is 0. The number of para-hydroxylation sites is 1. The van der Waals surface area contributed by atoms with Gasteiger partial charge >= 0.3 is 12.1 Å². The number of carboxylic acid groups (broad SMARTS) is 1. The van der Waals surface area contributed by atoms with Crippen LogP contribution in [0.3, 0.4) is 0 Å². The number of carboxylic acids is 1. The van der Waals surface area contributed by atoms with E-state index < -0.39 is 51.6 Å². The quantitative estimate of drug-likeness (QED) is 0.157. The van der Waals surface area contributed by atoms with Gasteiger partial charge in [-0.25, -0.2) is 8.77 Å². The van der Waals surface area contributed by atoms with Gasteiger partial charge in [-0.2, -0.15) is 13.2 Å². The fraction of sp³-hybridized carbons (Fsp3) is 0.156. The van der Waals surface area contributed by atoms with Gasteiger partial charge in [-0.05, 0) is 48.4 Å². The van der Waals surface area contributed by atoms with Crippen LogP contribution >= 0.6 is 10.8 Å². The molecule has 13 heteroatoms. The van der Waals surface area contributed by atoms with Gasteiger partial charge in [-0.3, -0.25) is 18.7 Å². The second-order valence-electron chi connectivity index (χ2n) is 10.4. The van der Waals surface area contributed by atoms with Gasteiger partial charge in [0.2, 0.25) is 0 Å². The third kappa shape index (κ3) is 6.10. The van der Waals surface area contributed by atoms with Crippen molar-refractivity contribution in [1.82, 2.24) is 13.9 Å². The maximum absolute atomic E-state index is 13.8. The predicted molar refractivity (Wildman–Crippen MR) is 164 cm³/mol. The van der Waals surface area contributed by atoms with Crippen molar-refractivity contribution in [3.8, 4) is 11.1 Å². The van der Waals surface area contributed by atoms with E-state index in [1.807, 2.05) is 0 Å². The molecule has 5 aromatic rings. The van der Waals surface area contributed by atoms with Crippen LogP contribution in [0.1, 0.15) is 27.3 Å². The first-order valence-corrected chi connectivity index (χ1v) is 15.1. The number of aliphatic carboxylic acids is 1. The molecule has 0 saturated carbocycles. The van der Waals surface area contributed by atoms with Crippen LogP contribution < -0.4 is 10.9 Å². The molecule has 45 heavy (non-hydrogen) atoms. The Balaban J connectivity index is 1.46. The van der Waals surface area contributed by atoms with Gasteiger partial charge in [0.25, 0.3) is 11.5 Å². The number of nitrogens with one attached hydrogen (secondary N) is 1. The average molecular weight is 640 g/mol. The molecule has 4 N–H and O–H groups in total. The highest BCUT2D eigenvalue weighted by molar-refractivity contribution is 8.23. The van der Waals surface area contributed by atoms with Crippen molar-refractivity contribution in [3.63, 3.8) is 0 Å². The SMILES string of the molecule is Cc1cc(C(F)(F)F)c(-c2ccc(C[C@H](NC(=O)c3cc4ccccc4n3S(O)(O)c3ccccc3)C(=O)O)cc2)c(=O)n1C. The Morgan fingerprint density at radius 1 is 0.933 bits per heavy atom. The summed E-state index contributed by atoms with van der Waals surface area (Å²) in [5, 5.41) is 12.9. The summed E-state index contributed by atoms with van der Waals surface area (Å²) in [5.74, 6) is -2.28. The van der Waals surface area contributed by atoms with Gasteiger partial charge in [-0.1, -0.05) is 71.4 Å². The fourth-order valence-electron chi connectivity index (χ4n) is 5.07. The lowest BCUT2D eigenvalue weighted by Crippen LogP contribution is -2.43. The Bertz CT molecular complexity index is 1970. The minimum Gasteiger partial charge on any atom is -0.480 e. The van der Waals surface area contributed by atoms with E-state index in [1.54, 1.807) is 42.5 Å². The number of halogens is 3. The predicted octanol–water partition coefficient (Wildman–Crippen LogP) is 6.33. The second kappa shape index (κ2) is 11.9. The molecule has 234 valence electrons. The number of aryl methyl sites for hydroxylation is 1. The number of benzene rings is 3. The number of carbonyl (C=O) groups excluding carboxylic acids is 1. The van der Waals surface area contributed by atoms with Crippen LogP contribution in [0.5, 0.6) is 0 Å². The van der Waals surface area contributed by atoms with E-state index >= 15 is 0 Å². The van der Waals surface area contributed by atoms with E-state index in [0.29, 0.717) is 16.5 Å². The zero-order chi connectivity index (χ0) is 32.7. The molecule has 0 fully saturated rings. The molecule has 2 heterocycles. The molecule has 0 aliphatic carbocycles. The van der Waals surface area contributed by atoms with Crippen molar-refractivity contribution >= 4 is 33.6 Å². The lowest BCUT2D eigenvalue weighted by Gasteiger charge is -2.35. The van der Waals surface area contributed by atoms with Gasteiger partial charge in [0.15, 0.2) is 0 Å². The number of carbonyl (C=O) groups is 2. The lowest BCUT2D eigenvalue weighted by atomic mass is 9.97. The molecule has 0 radical (unpaired) electrons. The van der Waals surface area contributed by atoms with E-state index in [-0.39, 0.29) is 28.3 Å². The van der Waals surface area contributed by atoms with Crippen molar-refractivity contribution in [1.29, 1.82) is 0 Å². The van der Waals surface area contributed by atoms with Crippen molar-refractivity contribution in [2.45, 2.75) is 30.5 Å². The molecule has 9 nitrogen and oxygen atoms in total. The third-order valence-corrected chi connectivity index (χ3v) is 9.28. The summed E-state index contributed by atoms with van der Waals surface area (Å²) in [6.45, 7) is 1.40. The van der Waals surface area contributed by atoms with Crippen LogP contribution in [0.4, 0.5) is 13.2 Å². The van der Waals surface area contributed by atoms with Crippen molar-refractivity contribution in [2.24, 2.45) is 7.05 Å². The summed E-state index contributed by atoms with van der Waals surface area (Å²) in [5.41, 5.74) is -1.79. The molecular weight excluding hydrogens is 611 g/mol. The van der Waals surface area contributed by atoms with Gasteiger partial charge < -0.3 is 15.0 Å². The van der Waals surface area contributed by atoms with Crippen molar-refractivity contribution in [3.05, 3.63) is 124 Å². The number of amides is 1.